The summed E-state index contributed by atoms with van der Waals surface area (Å²) in [6.45, 7) is 3.47. The highest BCUT2D eigenvalue weighted by molar-refractivity contribution is 8.00. The number of rotatable bonds is 5. The molecule has 2 heterocycles. The van der Waals surface area contributed by atoms with Gasteiger partial charge in [-0.15, -0.1) is 11.8 Å². The summed E-state index contributed by atoms with van der Waals surface area (Å²) in [7, 11) is 1.66. The van der Waals surface area contributed by atoms with E-state index in [0.29, 0.717) is 31.0 Å². The molecule has 34 heavy (non-hydrogen) atoms. The zero-order chi connectivity index (χ0) is 23.5. The van der Waals surface area contributed by atoms with E-state index in [9.17, 15) is 9.59 Å². The van der Waals surface area contributed by atoms with Gasteiger partial charge in [-0.3, -0.25) is 9.59 Å². The molecule has 6 nitrogen and oxygen atoms in total. The number of para-hydroxylation sites is 1. The Kier molecular flexibility index (Phi) is 6.45. The number of hydrogen-bond acceptors (Lipinski definition) is 5. The third kappa shape index (κ3) is 4.61. The van der Waals surface area contributed by atoms with E-state index in [1.54, 1.807) is 18.9 Å². The number of ether oxygens (including phenoxy) is 1. The van der Waals surface area contributed by atoms with Gasteiger partial charge in [0.15, 0.2) is 0 Å². The van der Waals surface area contributed by atoms with Gasteiger partial charge >= 0.3 is 0 Å². The lowest BCUT2D eigenvalue weighted by molar-refractivity contribution is -0.116. The molecule has 0 spiro atoms. The molecule has 0 radical (unpaired) electrons. The first-order chi connectivity index (χ1) is 16.6. The summed E-state index contributed by atoms with van der Waals surface area (Å²) in [4.78, 5) is 32.8. The minimum absolute atomic E-state index is 0.0525. The van der Waals surface area contributed by atoms with Gasteiger partial charge in [-0.05, 0) is 54.1 Å². The van der Waals surface area contributed by atoms with Gasteiger partial charge in [-0.1, -0.05) is 24.3 Å². The number of carbonyl (C=O) groups is 2. The first kappa shape index (κ1) is 22.3. The first-order valence-corrected chi connectivity index (χ1v) is 12.4. The average Bonchev–Trinajstić information content (AvgIpc) is 2.90. The topological polar surface area (TPSA) is 53.1 Å². The van der Waals surface area contributed by atoms with Gasteiger partial charge in [0.1, 0.15) is 5.75 Å². The Balaban J connectivity index is 1.20. The van der Waals surface area contributed by atoms with Crippen LogP contribution < -0.4 is 14.5 Å². The van der Waals surface area contributed by atoms with Crippen LogP contribution in [-0.2, 0) is 11.3 Å². The molecular weight excluding hydrogens is 446 g/mol. The molecule has 7 heteroatoms. The molecule has 0 N–H and O–H groups in total. The van der Waals surface area contributed by atoms with E-state index in [-0.39, 0.29) is 11.8 Å². The van der Waals surface area contributed by atoms with E-state index in [2.05, 4.69) is 23.1 Å². The second-order valence-electron chi connectivity index (χ2n) is 8.41. The fourth-order valence-corrected chi connectivity index (χ4v) is 5.34. The second kappa shape index (κ2) is 9.81. The average molecular weight is 474 g/mol. The SMILES string of the molecule is COc1ccc(N2CCN(C(=O)c3ccc(CN4C(=O)CSc5ccccc54)cc3)CC2)cc1. The Hall–Kier alpha value is -3.45. The van der Waals surface area contributed by atoms with Crippen LogP contribution in [0.15, 0.2) is 77.7 Å². The number of benzene rings is 3. The third-order valence-corrected chi connectivity index (χ3v) is 7.40. The maximum absolute atomic E-state index is 13.1. The number of carbonyl (C=O) groups excluding carboxylic acids is 2. The van der Waals surface area contributed by atoms with Crippen molar-refractivity contribution in [3.05, 3.63) is 83.9 Å². The molecule has 174 valence electrons. The predicted molar refractivity (Wildman–Crippen MR) is 136 cm³/mol. The quantitative estimate of drug-likeness (QED) is 0.553. The minimum Gasteiger partial charge on any atom is -0.497 e. The van der Waals surface area contributed by atoms with Gasteiger partial charge in [0.25, 0.3) is 5.91 Å². The molecular formula is C27H27N3O3S. The van der Waals surface area contributed by atoms with Crippen LogP contribution in [0, 0.1) is 0 Å². The van der Waals surface area contributed by atoms with Gasteiger partial charge in [-0.25, -0.2) is 0 Å². The van der Waals surface area contributed by atoms with Crippen LogP contribution >= 0.6 is 11.8 Å². The molecule has 2 aliphatic rings. The molecule has 2 aliphatic heterocycles. The molecule has 1 saturated heterocycles. The van der Waals surface area contributed by atoms with Gasteiger partial charge < -0.3 is 19.4 Å². The fourth-order valence-electron chi connectivity index (χ4n) is 4.41. The van der Waals surface area contributed by atoms with Crippen molar-refractivity contribution >= 4 is 35.0 Å². The van der Waals surface area contributed by atoms with Crippen molar-refractivity contribution in [2.75, 3.05) is 48.8 Å². The number of nitrogens with zero attached hydrogens (tertiary/aromatic N) is 3. The summed E-state index contributed by atoms with van der Waals surface area (Å²) in [5, 5.41) is 0. The van der Waals surface area contributed by atoms with Crippen molar-refractivity contribution in [1.82, 2.24) is 4.90 Å². The Morgan fingerprint density at radius 1 is 0.912 bits per heavy atom. The maximum atomic E-state index is 13.1. The number of piperazine rings is 1. The highest BCUT2D eigenvalue weighted by atomic mass is 32.2. The highest BCUT2D eigenvalue weighted by Gasteiger charge is 2.25. The van der Waals surface area contributed by atoms with Crippen molar-refractivity contribution in [3.63, 3.8) is 0 Å². The third-order valence-electron chi connectivity index (χ3n) is 6.35. The molecule has 0 unspecified atom stereocenters. The zero-order valence-electron chi connectivity index (χ0n) is 19.1. The first-order valence-electron chi connectivity index (χ1n) is 11.4. The maximum Gasteiger partial charge on any atom is 0.253 e. The Morgan fingerprint density at radius 2 is 1.62 bits per heavy atom. The number of anilines is 2. The normalized spacial score (nSPS) is 15.8. The van der Waals surface area contributed by atoms with Crippen LogP contribution in [0.4, 0.5) is 11.4 Å². The van der Waals surface area contributed by atoms with E-state index in [0.717, 1.165) is 40.7 Å². The molecule has 1 fully saturated rings. The van der Waals surface area contributed by atoms with Crippen LogP contribution in [0.2, 0.25) is 0 Å². The van der Waals surface area contributed by atoms with Crippen LogP contribution in [0.25, 0.3) is 0 Å². The van der Waals surface area contributed by atoms with E-state index >= 15 is 0 Å². The van der Waals surface area contributed by atoms with Gasteiger partial charge in [0.05, 0.1) is 25.1 Å². The van der Waals surface area contributed by atoms with Gasteiger partial charge in [0, 0.05) is 42.3 Å². The van der Waals surface area contributed by atoms with E-state index in [1.807, 2.05) is 64.4 Å². The number of fused-ring (bicyclic) bond motifs is 1. The summed E-state index contributed by atoms with van der Waals surface area (Å²) in [5.74, 6) is 1.46. The lowest BCUT2D eigenvalue weighted by Gasteiger charge is -2.36. The Morgan fingerprint density at radius 3 is 2.32 bits per heavy atom. The minimum atomic E-state index is 0.0525. The van der Waals surface area contributed by atoms with Crippen molar-refractivity contribution in [3.8, 4) is 5.75 Å². The molecule has 0 aromatic heterocycles. The molecule has 3 aromatic carbocycles. The summed E-state index contributed by atoms with van der Waals surface area (Å²) in [6.07, 6.45) is 0. The smallest absolute Gasteiger partial charge is 0.253 e. The van der Waals surface area contributed by atoms with Gasteiger partial charge in [-0.2, -0.15) is 0 Å². The molecule has 2 amide bonds. The van der Waals surface area contributed by atoms with Crippen LogP contribution in [0.3, 0.4) is 0 Å². The summed E-state index contributed by atoms with van der Waals surface area (Å²) in [6, 6.07) is 23.7. The van der Waals surface area contributed by atoms with Crippen molar-refractivity contribution in [2.24, 2.45) is 0 Å². The van der Waals surface area contributed by atoms with Crippen LogP contribution in [0.5, 0.6) is 5.75 Å². The molecule has 3 aromatic rings. The number of thioether (sulfide) groups is 1. The predicted octanol–water partition coefficient (Wildman–Crippen LogP) is 4.30. The summed E-state index contributed by atoms with van der Waals surface area (Å²) >= 11 is 1.58. The lowest BCUT2D eigenvalue weighted by Crippen LogP contribution is -2.48. The Bertz CT molecular complexity index is 1170. The molecule has 0 saturated carbocycles. The summed E-state index contributed by atoms with van der Waals surface area (Å²) in [5.41, 5.74) is 3.79. The second-order valence-corrected chi connectivity index (χ2v) is 9.43. The standard InChI is InChI=1S/C27H27N3O3S/c1-33-23-12-10-22(11-13-23)28-14-16-29(17-15-28)27(32)21-8-6-20(7-9-21)18-30-24-4-2-3-5-25(24)34-19-26(30)31/h2-13H,14-19H2,1H3. The largest absolute Gasteiger partial charge is 0.497 e. The van der Waals surface area contributed by atoms with E-state index in [1.165, 1.54) is 0 Å². The number of amides is 2. The van der Waals surface area contributed by atoms with Gasteiger partial charge in [0.2, 0.25) is 5.91 Å². The van der Waals surface area contributed by atoms with Crippen molar-refractivity contribution < 1.29 is 14.3 Å². The Labute approximate surface area is 204 Å². The zero-order valence-corrected chi connectivity index (χ0v) is 20.0. The lowest BCUT2D eigenvalue weighted by atomic mass is 10.1. The molecule has 5 rings (SSSR count). The number of methoxy groups -OCH3 is 1. The highest BCUT2D eigenvalue weighted by Crippen LogP contribution is 2.35. The molecule has 0 bridgehead atoms. The molecule has 0 aliphatic carbocycles. The van der Waals surface area contributed by atoms with Crippen molar-refractivity contribution in [1.29, 1.82) is 0 Å². The van der Waals surface area contributed by atoms with E-state index < -0.39 is 0 Å². The van der Waals surface area contributed by atoms with E-state index in [4.69, 9.17) is 4.74 Å². The number of hydrogen-bond donors (Lipinski definition) is 0. The summed E-state index contributed by atoms with van der Waals surface area (Å²) < 4.78 is 5.23. The van der Waals surface area contributed by atoms with Crippen molar-refractivity contribution in [2.45, 2.75) is 11.4 Å². The van der Waals surface area contributed by atoms with Crippen LogP contribution in [-0.4, -0.2) is 55.8 Å². The monoisotopic (exact) mass is 473 g/mol. The fraction of sp³-hybridized carbons (Fsp3) is 0.259. The van der Waals surface area contributed by atoms with Crippen LogP contribution in [0.1, 0.15) is 15.9 Å². The molecule has 0 atom stereocenters.